The molecule has 1 atom stereocenters. The number of hydrogen-bond donors (Lipinski definition) is 3. The van der Waals surface area contributed by atoms with Crippen molar-refractivity contribution in [1.29, 1.82) is 0 Å². The maximum atomic E-state index is 12.5. The molecule has 0 fully saturated rings. The fourth-order valence-corrected chi connectivity index (χ4v) is 2.59. The first kappa shape index (κ1) is 20.4. The van der Waals surface area contributed by atoms with Gasteiger partial charge >= 0.3 is 0 Å². The molecule has 27 heavy (non-hydrogen) atoms. The highest BCUT2D eigenvalue weighted by atomic mass is 35.5. The van der Waals surface area contributed by atoms with Crippen molar-refractivity contribution in [3.8, 4) is 11.5 Å². The van der Waals surface area contributed by atoms with Gasteiger partial charge in [-0.15, -0.1) is 0 Å². The molecule has 3 N–H and O–H groups in total. The Morgan fingerprint density at radius 3 is 2.33 bits per heavy atom. The average molecular weight is 392 g/mol. The monoisotopic (exact) mass is 391 g/mol. The smallest absolute Gasteiger partial charge is 0.246 e. The van der Waals surface area contributed by atoms with E-state index in [-0.39, 0.29) is 11.8 Å². The van der Waals surface area contributed by atoms with Crippen LogP contribution in [0.15, 0.2) is 36.4 Å². The molecule has 0 saturated heterocycles. The summed E-state index contributed by atoms with van der Waals surface area (Å²) in [4.78, 5) is 23.7. The van der Waals surface area contributed by atoms with Crippen molar-refractivity contribution in [1.82, 2.24) is 0 Å². The van der Waals surface area contributed by atoms with E-state index in [1.54, 1.807) is 50.4 Å². The van der Waals surface area contributed by atoms with Gasteiger partial charge in [0.1, 0.15) is 17.5 Å². The van der Waals surface area contributed by atoms with Gasteiger partial charge in [0, 0.05) is 18.7 Å². The van der Waals surface area contributed by atoms with Crippen LogP contribution in [0.1, 0.15) is 13.8 Å². The van der Waals surface area contributed by atoms with Crippen LogP contribution in [-0.2, 0) is 9.59 Å². The number of benzene rings is 2. The van der Waals surface area contributed by atoms with Crippen LogP contribution >= 0.6 is 11.6 Å². The van der Waals surface area contributed by atoms with Crippen LogP contribution in [0, 0.1) is 0 Å². The number of anilines is 3. The van der Waals surface area contributed by atoms with Crippen molar-refractivity contribution in [3.05, 3.63) is 41.4 Å². The highest BCUT2D eigenvalue weighted by molar-refractivity contribution is 6.34. The van der Waals surface area contributed by atoms with E-state index in [0.717, 1.165) is 0 Å². The van der Waals surface area contributed by atoms with Crippen molar-refractivity contribution < 1.29 is 19.1 Å². The summed E-state index contributed by atoms with van der Waals surface area (Å²) in [6.07, 6.45) is 0. The number of hydrogen-bond acceptors (Lipinski definition) is 5. The minimum absolute atomic E-state index is 0.211. The molecule has 0 aliphatic rings. The Hall–Kier alpha value is -2.93. The molecule has 7 nitrogen and oxygen atoms in total. The predicted octanol–water partition coefficient (Wildman–Crippen LogP) is 3.75. The minimum Gasteiger partial charge on any atom is -0.497 e. The summed E-state index contributed by atoms with van der Waals surface area (Å²) >= 11 is 6.15. The Bertz CT molecular complexity index is 842. The lowest BCUT2D eigenvalue weighted by Crippen LogP contribution is -2.32. The number of ether oxygens (including phenoxy) is 2. The Labute approximate surface area is 163 Å². The normalized spacial score (nSPS) is 11.3. The molecule has 0 radical (unpaired) electrons. The number of amides is 2. The third-order valence-electron chi connectivity index (χ3n) is 3.72. The minimum atomic E-state index is -0.552. The summed E-state index contributed by atoms with van der Waals surface area (Å²) in [7, 11) is 3.07. The van der Waals surface area contributed by atoms with Crippen LogP contribution in [-0.4, -0.2) is 32.1 Å². The van der Waals surface area contributed by atoms with Gasteiger partial charge < -0.3 is 25.4 Å². The Kier molecular flexibility index (Phi) is 6.90. The first-order valence-electron chi connectivity index (χ1n) is 8.20. The Balaban J connectivity index is 2.08. The molecule has 0 aliphatic carbocycles. The van der Waals surface area contributed by atoms with Crippen molar-refractivity contribution in [2.45, 2.75) is 19.9 Å². The molecule has 2 aromatic rings. The van der Waals surface area contributed by atoms with Gasteiger partial charge in [0.15, 0.2) is 0 Å². The Morgan fingerprint density at radius 2 is 1.74 bits per heavy atom. The lowest BCUT2D eigenvalue weighted by Gasteiger charge is -2.18. The summed E-state index contributed by atoms with van der Waals surface area (Å²) in [5.41, 5.74) is 1.66. The summed E-state index contributed by atoms with van der Waals surface area (Å²) in [6, 6.07) is 9.63. The molecule has 1 unspecified atom stereocenters. The molecule has 8 heteroatoms. The van der Waals surface area contributed by atoms with Crippen LogP contribution in [0.3, 0.4) is 0 Å². The summed E-state index contributed by atoms with van der Waals surface area (Å²) in [5, 5.41) is 8.88. The maximum Gasteiger partial charge on any atom is 0.246 e. The second-order valence-electron chi connectivity index (χ2n) is 5.80. The first-order valence-corrected chi connectivity index (χ1v) is 8.58. The highest BCUT2D eigenvalue weighted by Crippen LogP contribution is 2.29. The van der Waals surface area contributed by atoms with Crippen LogP contribution in [0.2, 0.25) is 5.02 Å². The molecule has 2 amide bonds. The van der Waals surface area contributed by atoms with Crippen LogP contribution in [0.5, 0.6) is 11.5 Å². The zero-order valence-corrected chi connectivity index (χ0v) is 16.3. The second-order valence-corrected chi connectivity index (χ2v) is 6.20. The molecule has 0 bridgehead atoms. The molecule has 144 valence electrons. The second kappa shape index (κ2) is 9.14. The molecule has 0 aliphatic heterocycles. The summed E-state index contributed by atoms with van der Waals surface area (Å²) in [6.45, 7) is 3.12. The number of carbonyl (C=O) groups is 2. The molecular formula is C19H22ClN3O4. The van der Waals surface area contributed by atoms with E-state index >= 15 is 0 Å². The van der Waals surface area contributed by atoms with Crippen molar-refractivity contribution in [2.24, 2.45) is 0 Å². The fraction of sp³-hybridized carbons (Fsp3) is 0.263. The Morgan fingerprint density at radius 1 is 1.00 bits per heavy atom. The lowest BCUT2D eigenvalue weighted by molar-refractivity contribution is -0.116. The van der Waals surface area contributed by atoms with Gasteiger partial charge in [0.25, 0.3) is 0 Å². The summed E-state index contributed by atoms with van der Waals surface area (Å²) < 4.78 is 10.4. The molecule has 2 aromatic carbocycles. The lowest BCUT2D eigenvalue weighted by atomic mass is 10.2. The zero-order valence-electron chi connectivity index (χ0n) is 15.6. The number of carbonyl (C=O) groups excluding carboxylic acids is 2. The zero-order chi connectivity index (χ0) is 20.0. The number of nitrogens with one attached hydrogen (secondary N) is 3. The van der Waals surface area contributed by atoms with Gasteiger partial charge in [0.05, 0.1) is 30.6 Å². The number of halogens is 1. The van der Waals surface area contributed by atoms with Crippen LogP contribution in [0.25, 0.3) is 0 Å². The van der Waals surface area contributed by atoms with Crippen LogP contribution in [0.4, 0.5) is 17.1 Å². The van der Waals surface area contributed by atoms with Gasteiger partial charge in [-0.05, 0) is 37.3 Å². The van der Waals surface area contributed by atoms with E-state index in [1.807, 2.05) is 0 Å². The molecule has 0 saturated carbocycles. The van der Waals surface area contributed by atoms with Crippen molar-refractivity contribution in [2.75, 3.05) is 30.2 Å². The third kappa shape index (κ3) is 5.52. The van der Waals surface area contributed by atoms with E-state index < -0.39 is 6.04 Å². The average Bonchev–Trinajstić information content (AvgIpc) is 2.63. The summed E-state index contributed by atoms with van der Waals surface area (Å²) in [5.74, 6) is 0.660. The number of methoxy groups -OCH3 is 2. The van der Waals surface area contributed by atoms with Crippen molar-refractivity contribution >= 4 is 40.5 Å². The topological polar surface area (TPSA) is 88.7 Å². The standard InChI is InChI=1S/C19H22ClN3O4/c1-11(21-13-5-7-16(15(20)9-13)22-12(2)24)19(25)23-17-10-14(26-3)6-8-18(17)27-4/h5-11,21H,1-4H3,(H,22,24)(H,23,25). The van der Waals surface area contributed by atoms with Gasteiger partial charge in [-0.1, -0.05) is 11.6 Å². The third-order valence-corrected chi connectivity index (χ3v) is 4.03. The van der Waals surface area contributed by atoms with Crippen molar-refractivity contribution in [3.63, 3.8) is 0 Å². The van der Waals surface area contributed by atoms with E-state index in [9.17, 15) is 9.59 Å². The maximum absolute atomic E-state index is 12.5. The number of rotatable bonds is 7. The molecule has 0 heterocycles. The first-order chi connectivity index (χ1) is 12.8. The molecule has 0 spiro atoms. The predicted molar refractivity (Wildman–Crippen MR) is 107 cm³/mol. The molecular weight excluding hydrogens is 370 g/mol. The van der Waals surface area contributed by atoms with E-state index in [4.69, 9.17) is 21.1 Å². The molecule has 0 aromatic heterocycles. The fourth-order valence-electron chi connectivity index (χ4n) is 2.36. The van der Waals surface area contributed by atoms with Crippen LogP contribution < -0.4 is 25.4 Å². The molecule has 2 rings (SSSR count). The largest absolute Gasteiger partial charge is 0.497 e. The van der Waals surface area contributed by atoms with E-state index in [1.165, 1.54) is 14.0 Å². The van der Waals surface area contributed by atoms with E-state index in [2.05, 4.69) is 16.0 Å². The van der Waals surface area contributed by atoms with Gasteiger partial charge in [-0.2, -0.15) is 0 Å². The quantitative estimate of drug-likeness (QED) is 0.668. The van der Waals surface area contributed by atoms with Gasteiger partial charge in [0.2, 0.25) is 11.8 Å². The highest BCUT2D eigenvalue weighted by Gasteiger charge is 2.16. The van der Waals surface area contributed by atoms with E-state index in [0.29, 0.717) is 33.6 Å². The van der Waals surface area contributed by atoms with Gasteiger partial charge in [-0.3, -0.25) is 9.59 Å². The SMILES string of the molecule is COc1ccc(OC)c(NC(=O)C(C)Nc2ccc(NC(C)=O)c(Cl)c2)c1. The van der Waals surface area contributed by atoms with Gasteiger partial charge in [-0.25, -0.2) is 0 Å².